The van der Waals surface area contributed by atoms with Crippen LogP contribution in [-0.4, -0.2) is 18.3 Å². The summed E-state index contributed by atoms with van der Waals surface area (Å²) in [5, 5.41) is 5.69. The second-order valence-electron chi connectivity index (χ2n) is 5.53. The van der Waals surface area contributed by atoms with E-state index in [-0.39, 0.29) is 0 Å². The first kappa shape index (κ1) is 15.1. The van der Waals surface area contributed by atoms with Crippen LogP contribution in [0.3, 0.4) is 0 Å². The average Bonchev–Trinajstić information content (AvgIpc) is 2.47. The van der Waals surface area contributed by atoms with Crippen molar-refractivity contribution in [3.63, 3.8) is 0 Å². The van der Waals surface area contributed by atoms with Gasteiger partial charge in [-0.05, 0) is 43.7 Å². The highest BCUT2D eigenvalue weighted by Crippen LogP contribution is 2.35. The monoisotopic (exact) mass is 330 g/mol. The fraction of sp³-hybridized carbons (Fsp3) is 0.118. The van der Waals surface area contributed by atoms with Crippen LogP contribution >= 0.6 is 18.7 Å². The van der Waals surface area contributed by atoms with Crippen LogP contribution in [0, 0.1) is 0 Å². The lowest BCUT2D eigenvalue weighted by Gasteiger charge is -2.10. The molecule has 3 nitrogen and oxygen atoms in total. The third-order valence-electron chi connectivity index (χ3n) is 3.43. The van der Waals surface area contributed by atoms with Crippen molar-refractivity contribution in [1.29, 1.82) is 0 Å². The van der Waals surface area contributed by atoms with E-state index in [1.54, 1.807) is 13.3 Å². The fourth-order valence-corrected chi connectivity index (χ4v) is 3.38. The molecule has 112 valence electrons. The largest absolute Gasteiger partial charge is 0.340 e. The van der Waals surface area contributed by atoms with Crippen molar-refractivity contribution in [2.75, 3.05) is 18.6 Å². The van der Waals surface area contributed by atoms with Gasteiger partial charge in [-0.3, -0.25) is 0 Å². The number of nitrogens with one attached hydrogen (secondary N) is 1. The zero-order chi connectivity index (χ0) is 15.7. The van der Waals surface area contributed by atoms with E-state index >= 15 is 0 Å². The number of para-hydroxylation sites is 1. The lowest BCUT2D eigenvalue weighted by atomic mass is 10.2. The van der Waals surface area contributed by atoms with E-state index < -0.39 is 7.14 Å². The summed E-state index contributed by atoms with van der Waals surface area (Å²) < 4.78 is 12.0. The quantitative estimate of drug-likeness (QED) is 0.696. The van der Waals surface area contributed by atoms with Gasteiger partial charge in [0.25, 0.3) is 0 Å². The SMILES string of the molecule is CP(C)(=O)c1ccc(Nc2cc(Cl)c3ccccc3n2)cc1. The van der Waals surface area contributed by atoms with Gasteiger partial charge in [0.05, 0.1) is 10.5 Å². The number of aromatic nitrogens is 1. The third kappa shape index (κ3) is 3.16. The van der Waals surface area contributed by atoms with Crippen molar-refractivity contribution in [1.82, 2.24) is 4.98 Å². The molecule has 0 aliphatic heterocycles. The summed E-state index contributed by atoms with van der Waals surface area (Å²) in [5.41, 5.74) is 1.73. The van der Waals surface area contributed by atoms with E-state index in [1.165, 1.54) is 0 Å². The van der Waals surface area contributed by atoms with E-state index in [9.17, 15) is 4.57 Å². The van der Waals surface area contributed by atoms with Crippen molar-refractivity contribution >= 4 is 46.5 Å². The number of anilines is 2. The van der Waals surface area contributed by atoms with Gasteiger partial charge in [-0.25, -0.2) is 4.98 Å². The Kier molecular flexibility index (Phi) is 3.94. The molecule has 0 aliphatic rings. The number of rotatable bonds is 3. The maximum absolute atomic E-state index is 12.0. The Labute approximate surface area is 134 Å². The summed E-state index contributed by atoms with van der Waals surface area (Å²) in [6.07, 6.45) is 0. The molecule has 0 radical (unpaired) electrons. The molecule has 0 saturated heterocycles. The Morgan fingerprint density at radius 3 is 2.41 bits per heavy atom. The highest BCUT2D eigenvalue weighted by Gasteiger charge is 2.10. The Balaban J connectivity index is 1.91. The summed E-state index contributed by atoms with van der Waals surface area (Å²) in [5.74, 6) is 0.688. The second-order valence-corrected chi connectivity index (χ2v) is 9.15. The molecule has 1 heterocycles. The van der Waals surface area contributed by atoms with Gasteiger partial charge >= 0.3 is 0 Å². The van der Waals surface area contributed by atoms with Crippen LogP contribution in [0.25, 0.3) is 10.9 Å². The third-order valence-corrected chi connectivity index (χ3v) is 5.28. The van der Waals surface area contributed by atoms with Gasteiger partial charge in [-0.1, -0.05) is 29.8 Å². The van der Waals surface area contributed by atoms with Gasteiger partial charge in [0.1, 0.15) is 13.0 Å². The van der Waals surface area contributed by atoms with Crippen molar-refractivity contribution in [2.24, 2.45) is 0 Å². The number of halogens is 1. The highest BCUT2D eigenvalue weighted by atomic mass is 35.5. The van der Waals surface area contributed by atoms with Gasteiger partial charge < -0.3 is 9.88 Å². The molecule has 3 rings (SSSR count). The second kappa shape index (κ2) is 5.75. The molecule has 0 amide bonds. The molecule has 0 fully saturated rings. The molecule has 1 aromatic heterocycles. The van der Waals surface area contributed by atoms with Crippen molar-refractivity contribution < 1.29 is 4.57 Å². The van der Waals surface area contributed by atoms with Gasteiger partial charge in [0.15, 0.2) is 0 Å². The summed E-state index contributed by atoms with van der Waals surface area (Å²) in [7, 11) is -2.23. The molecular weight excluding hydrogens is 315 g/mol. The van der Waals surface area contributed by atoms with Gasteiger partial charge in [-0.2, -0.15) is 0 Å². The normalized spacial score (nSPS) is 11.6. The first-order valence-corrected chi connectivity index (χ1v) is 9.89. The number of hydrogen-bond acceptors (Lipinski definition) is 3. The Morgan fingerprint density at radius 1 is 1.05 bits per heavy atom. The van der Waals surface area contributed by atoms with Gasteiger partial charge in [-0.15, -0.1) is 0 Å². The highest BCUT2D eigenvalue weighted by molar-refractivity contribution is 7.70. The number of benzene rings is 2. The maximum atomic E-state index is 12.0. The Morgan fingerprint density at radius 2 is 1.73 bits per heavy atom. The van der Waals surface area contributed by atoms with Crippen molar-refractivity contribution in [2.45, 2.75) is 0 Å². The molecule has 0 aliphatic carbocycles. The molecule has 0 atom stereocenters. The molecular formula is C17H16ClN2OP. The minimum atomic E-state index is -2.23. The zero-order valence-electron chi connectivity index (χ0n) is 12.4. The Hall–Kier alpha value is -1.83. The number of nitrogens with zero attached hydrogens (tertiary/aromatic N) is 1. The van der Waals surface area contributed by atoms with Crippen LogP contribution in [0.1, 0.15) is 0 Å². The smallest absolute Gasteiger partial charge is 0.132 e. The minimum Gasteiger partial charge on any atom is -0.340 e. The first-order chi connectivity index (χ1) is 10.4. The van der Waals surface area contributed by atoms with Crippen LogP contribution < -0.4 is 10.6 Å². The Bertz CT molecular complexity index is 871. The molecule has 2 aromatic carbocycles. The molecule has 0 unspecified atom stereocenters. The van der Waals surface area contributed by atoms with Gasteiger partial charge in [0, 0.05) is 22.4 Å². The summed E-state index contributed by atoms with van der Waals surface area (Å²) in [6.45, 7) is 3.53. The van der Waals surface area contributed by atoms with Gasteiger partial charge in [0.2, 0.25) is 0 Å². The number of hydrogen-bond donors (Lipinski definition) is 1. The van der Waals surface area contributed by atoms with E-state index in [0.29, 0.717) is 10.8 Å². The molecule has 1 N–H and O–H groups in total. The zero-order valence-corrected chi connectivity index (χ0v) is 14.0. The van der Waals surface area contributed by atoms with Crippen LogP contribution in [-0.2, 0) is 4.57 Å². The van der Waals surface area contributed by atoms with Crippen LogP contribution in [0.4, 0.5) is 11.5 Å². The number of pyridine rings is 1. The molecule has 5 heteroatoms. The molecule has 0 saturated carbocycles. The minimum absolute atomic E-state index is 0.663. The first-order valence-electron chi connectivity index (χ1n) is 6.91. The molecule has 3 aromatic rings. The van der Waals surface area contributed by atoms with Crippen LogP contribution in [0.5, 0.6) is 0 Å². The molecule has 0 bridgehead atoms. The summed E-state index contributed by atoms with van der Waals surface area (Å²) in [4.78, 5) is 4.55. The molecule has 0 spiro atoms. The van der Waals surface area contributed by atoms with E-state index in [4.69, 9.17) is 11.6 Å². The topological polar surface area (TPSA) is 42.0 Å². The van der Waals surface area contributed by atoms with E-state index in [2.05, 4.69) is 10.3 Å². The standard InChI is InChI=1S/C17H16ClN2OP/c1-22(2,21)13-9-7-12(8-10-13)19-17-11-15(18)14-5-3-4-6-16(14)20-17/h3-11H,1-2H3,(H,19,20). The van der Waals surface area contributed by atoms with E-state index in [1.807, 2.05) is 54.6 Å². The fourth-order valence-electron chi connectivity index (χ4n) is 2.25. The van der Waals surface area contributed by atoms with E-state index in [0.717, 1.165) is 21.9 Å². The predicted octanol–water partition coefficient (Wildman–Crippen LogP) is 4.88. The predicted molar refractivity (Wildman–Crippen MR) is 95.6 cm³/mol. The number of fused-ring (bicyclic) bond motifs is 1. The van der Waals surface area contributed by atoms with Crippen molar-refractivity contribution in [3.05, 3.63) is 59.6 Å². The molecule has 22 heavy (non-hydrogen) atoms. The average molecular weight is 331 g/mol. The lowest BCUT2D eigenvalue weighted by Crippen LogP contribution is -2.02. The maximum Gasteiger partial charge on any atom is 0.132 e. The van der Waals surface area contributed by atoms with Crippen LogP contribution in [0.2, 0.25) is 5.02 Å². The van der Waals surface area contributed by atoms with Crippen LogP contribution in [0.15, 0.2) is 54.6 Å². The van der Waals surface area contributed by atoms with Crippen molar-refractivity contribution in [3.8, 4) is 0 Å². The summed E-state index contributed by atoms with van der Waals surface area (Å²) in [6, 6.07) is 17.1. The summed E-state index contributed by atoms with van der Waals surface area (Å²) >= 11 is 6.30. The lowest BCUT2D eigenvalue weighted by molar-refractivity contribution is 0.588.